The number of furan rings is 1. The second kappa shape index (κ2) is 7.13. The Balaban J connectivity index is 2.02. The molecule has 128 valence electrons. The Hall–Kier alpha value is -3.21. The van der Waals surface area contributed by atoms with Crippen LogP contribution in [-0.2, 0) is 0 Å². The Morgan fingerprint density at radius 2 is 1.56 bits per heavy atom. The molecule has 0 saturated heterocycles. The summed E-state index contributed by atoms with van der Waals surface area (Å²) in [7, 11) is 4.56. The van der Waals surface area contributed by atoms with Crippen LogP contribution in [0.5, 0.6) is 17.2 Å². The standard InChI is InChI=1S/C20H18O5/c1-22-17-11-15(12-18(23-2)20(17)24-3)19(21)14-7-4-6-13(10-14)16-8-5-9-25-16/h4-12H,1-3H3. The normalized spacial score (nSPS) is 10.4. The number of rotatable bonds is 6. The summed E-state index contributed by atoms with van der Waals surface area (Å²) >= 11 is 0. The number of hydrogen-bond donors (Lipinski definition) is 0. The molecule has 0 amide bonds. The van der Waals surface area contributed by atoms with Crippen molar-refractivity contribution in [3.8, 4) is 28.6 Å². The average molecular weight is 338 g/mol. The van der Waals surface area contributed by atoms with Gasteiger partial charge < -0.3 is 18.6 Å². The molecule has 0 bridgehead atoms. The molecule has 3 aromatic rings. The molecule has 3 rings (SSSR count). The molecule has 0 unspecified atom stereocenters. The van der Waals surface area contributed by atoms with Crippen LogP contribution in [0.1, 0.15) is 15.9 Å². The van der Waals surface area contributed by atoms with Crippen molar-refractivity contribution in [2.45, 2.75) is 0 Å². The summed E-state index contributed by atoms with van der Waals surface area (Å²) in [5.41, 5.74) is 1.83. The van der Waals surface area contributed by atoms with Gasteiger partial charge in [0.2, 0.25) is 5.75 Å². The molecule has 1 aromatic heterocycles. The number of methoxy groups -OCH3 is 3. The van der Waals surface area contributed by atoms with Crippen molar-refractivity contribution in [3.63, 3.8) is 0 Å². The molecule has 0 saturated carbocycles. The molecule has 0 aliphatic heterocycles. The Kier molecular flexibility index (Phi) is 4.75. The number of carbonyl (C=O) groups excluding carboxylic acids is 1. The Bertz CT molecular complexity index is 856. The number of ether oxygens (including phenoxy) is 3. The summed E-state index contributed by atoms with van der Waals surface area (Å²) in [5, 5.41) is 0. The van der Waals surface area contributed by atoms with Gasteiger partial charge in [0.25, 0.3) is 0 Å². The zero-order valence-electron chi connectivity index (χ0n) is 14.2. The van der Waals surface area contributed by atoms with Crippen LogP contribution in [0.2, 0.25) is 0 Å². The lowest BCUT2D eigenvalue weighted by Gasteiger charge is -2.13. The first-order chi connectivity index (χ1) is 12.2. The van der Waals surface area contributed by atoms with Crippen LogP contribution in [0.4, 0.5) is 0 Å². The maximum Gasteiger partial charge on any atom is 0.203 e. The third-order valence-corrected chi connectivity index (χ3v) is 3.86. The molecule has 0 spiro atoms. The summed E-state index contributed by atoms with van der Waals surface area (Å²) < 4.78 is 21.3. The highest BCUT2D eigenvalue weighted by Gasteiger charge is 2.18. The summed E-state index contributed by atoms with van der Waals surface area (Å²) in [6.07, 6.45) is 1.60. The first-order valence-corrected chi connectivity index (χ1v) is 7.66. The minimum absolute atomic E-state index is 0.146. The maximum atomic E-state index is 12.9. The fourth-order valence-electron chi connectivity index (χ4n) is 2.64. The highest BCUT2D eigenvalue weighted by atomic mass is 16.5. The molecule has 2 aromatic carbocycles. The first-order valence-electron chi connectivity index (χ1n) is 7.66. The van der Waals surface area contributed by atoms with Gasteiger partial charge in [0.1, 0.15) is 5.76 Å². The van der Waals surface area contributed by atoms with Gasteiger partial charge in [-0.05, 0) is 30.3 Å². The molecule has 0 aliphatic rings. The molecular formula is C20H18O5. The van der Waals surface area contributed by atoms with E-state index in [1.165, 1.54) is 21.3 Å². The van der Waals surface area contributed by atoms with Crippen LogP contribution in [-0.4, -0.2) is 27.1 Å². The van der Waals surface area contributed by atoms with Crippen molar-refractivity contribution >= 4 is 5.78 Å². The fraction of sp³-hybridized carbons (Fsp3) is 0.150. The fourth-order valence-corrected chi connectivity index (χ4v) is 2.64. The summed E-state index contributed by atoms with van der Waals surface area (Å²) in [6, 6.07) is 14.2. The number of carbonyl (C=O) groups is 1. The van der Waals surface area contributed by atoms with Crippen molar-refractivity contribution in [2.75, 3.05) is 21.3 Å². The predicted octanol–water partition coefficient (Wildman–Crippen LogP) is 4.20. The average Bonchev–Trinajstić information content (AvgIpc) is 3.21. The van der Waals surface area contributed by atoms with Crippen molar-refractivity contribution in [1.29, 1.82) is 0 Å². The molecule has 25 heavy (non-hydrogen) atoms. The van der Waals surface area contributed by atoms with Gasteiger partial charge in [0.05, 0.1) is 27.6 Å². The number of hydrogen-bond acceptors (Lipinski definition) is 5. The van der Waals surface area contributed by atoms with Crippen LogP contribution in [0.3, 0.4) is 0 Å². The molecule has 1 heterocycles. The van der Waals surface area contributed by atoms with E-state index in [1.807, 2.05) is 24.3 Å². The SMILES string of the molecule is COc1cc(C(=O)c2cccc(-c3ccco3)c2)cc(OC)c1OC. The van der Waals surface area contributed by atoms with E-state index >= 15 is 0 Å². The molecule has 5 nitrogen and oxygen atoms in total. The smallest absolute Gasteiger partial charge is 0.203 e. The lowest BCUT2D eigenvalue weighted by Crippen LogP contribution is -2.04. The van der Waals surface area contributed by atoms with Crippen LogP contribution in [0.15, 0.2) is 59.2 Å². The van der Waals surface area contributed by atoms with E-state index in [4.69, 9.17) is 18.6 Å². The zero-order valence-corrected chi connectivity index (χ0v) is 14.2. The van der Waals surface area contributed by atoms with Crippen LogP contribution >= 0.6 is 0 Å². The highest BCUT2D eigenvalue weighted by Crippen LogP contribution is 2.38. The van der Waals surface area contributed by atoms with Gasteiger partial charge in [0.15, 0.2) is 17.3 Å². The summed E-state index contributed by atoms with van der Waals surface area (Å²) in [5.74, 6) is 1.89. The lowest BCUT2D eigenvalue weighted by atomic mass is 10.00. The summed E-state index contributed by atoms with van der Waals surface area (Å²) in [6.45, 7) is 0. The van der Waals surface area contributed by atoms with E-state index in [9.17, 15) is 4.79 Å². The molecule has 0 N–H and O–H groups in total. The van der Waals surface area contributed by atoms with Gasteiger partial charge in [-0.15, -0.1) is 0 Å². The van der Waals surface area contributed by atoms with Gasteiger partial charge in [-0.25, -0.2) is 0 Å². The number of ketones is 1. The lowest BCUT2D eigenvalue weighted by molar-refractivity contribution is 0.103. The highest BCUT2D eigenvalue weighted by molar-refractivity contribution is 6.10. The van der Waals surface area contributed by atoms with E-state index in [2.05, 4.69) is 0 Å². The van der Waals surface area contributed by atoms with Crippen molar-refractivity contribution in [2.24, 2.45) is 0 Å². The summed E-state index contributed by atoms with van der Waals surface area (Å²) in [4.78, 5) is 12.9. The Morgan fingerprint density at radius 3 is 2.12 bits per heavy atom. The first kappa shape index (κ1) is 16.6. The van der Waals surface area contributed by atoms with Gasteiger partial charge in [-0.1, -0.05) is 18.2 Å². The van der Waals surface area contributed by atoms with Crippen LogP contribution < -0.4 is 14.2 Å². The van der Waals surface area contributed by atoms with E-state index in [0.29, 0.717) is 34.1 Å². The van der Waals surface area contributed by atoms with Crippen molar-refractivity contribution < 1.29 is 23.4 Å². The largest absolute Gasteiger partial charge is 0.493 e. The monoisotopic (exact) mass is 338 g/mol. The minimum atomic E-state index is -0.146. The predicted molar refractivity (Wildman–Crippen MR) is 93.7 cm³/mol. The number of benzene rings is 2. The molecule has 0 aliphatic carbocycles. The Labute approximate surface area is 145 Å². The molecular weight excluding hydrogens is 320 g/mol. The zero-order chi connectivity index (χ0) is 17.8. The minimum Gasteiger partial charge on any atom is -0.493 e. The van der Waals surface area contributed by atoms with E-state index < -0.39 is 0 Å². The quantitative estimate of drug-likeness (QED) is 0.630. The van der Waals surface area contributed by atoms with Crippen molar-refractivity contribution in [1.82, 2.24) is 0 Å². The van der Waals surface area contributed by atoms with E-state index in [-0.39, 0.29) is 5.78 Å². The van der Waals surface area contributed by atoms with Gasteiger partial charge in [0, 0.05) is 16.7 Å². The van der Waals surface area contributed by atoms with Gasteiger partial charge in [-0.2, -0.15) is 0 Å². The van der Waals surface area contributed by atoms with Crippen molar-refractivity contribution in [3.05, 3.63) is 65.9 Å². The Morgan fingerprint density at radius 1 is 0.840 bits per heavy atom. The maximum absolute atomic E-state index is 12.9. The van der Waals surface area contributed by atoms with E-state index in [1.54, 1.807) is 30.5 Å². The topological polar surface area (TPSA) is 57.9 Å². The van der Waals surface area contributed by atoms with Gasteiger partial charge in [-0.3, -0.25) is 4.79 Å². The molecule has 0 radical (unpaired) electrons. The van der Waals surface area contributed by atoms with E-state index in [0.717, 1.165) is 5.56 Å². The third-order valence-electron chi connectivity index (χ3n) is 3.86. The molecule has 0 fully saturated rings. The molecule has 0 atom stereocenters. The van der Waals surface area contributed by atoms with Gasteiger partial charge >= 0.3 is 0 Å². The second-order valence-electron chi connectivity index (χ2n) is 5.30. The van der Waals surface area contributed by atoms with Crippen LogP contribution in [0.25, 0.3) is 11.3 Å². The second-order valence-corrected chi connectivity index (χ2v) is 5.30. The van der Waals surface area contributed by atoms with Crippen LogP contribution in [0, 0.1) is 0 Å². The third kappa shape index (κ3) is 3.21. The molecule has 5 heteroatoms.